The highest BCUT2D eigenvalue weighted by Gasteiger charge is 2.27. The fourth-order valence-electron chi connectivity index (χ4n) is 8.99. The van der Waals surface area contributed by atoms with Gasteiger partial charge in [0.25, 0.3) is 0 Å². The van der Waals surface area contributed by atoms with Crippen LogP contribution in [-0.4, -0.2) is 73.4 Å². The average Bonchev–Trinajstić information content (AvgIpc) is 3.37. The van der Waals surface area contributed by atoms with Crippen LogP contribution in [0.5, 0.6) is 0 Å². The summed E-state index contributed by atoms with van der Waals surface area (Å²) in [5.74, 6) is -0.192. The Balaban J connectivity index is 4.21. The number of hydrogen-bond donors (Lipinski definition) is 3. The Labute approximate surface area is 465 Å². The van der Waals surface area contributed by atoms with E-state index in [-0.39, 0.29) is 19.1 Å². The number of allylic oxidation sites excluding steroid dienone is 13. The van der Waals surface area contributed by atoms with Gasteiger partial charge in [0.05, 0.1) is 39.9 Å². The molecule has 0 spiro atoms. The number of carbonyl (C=O) groups is 1. The normalized spacial score (nSPS) is 14.4. The zero-order chi connectivity index (χ0) is 54.9. The molecule has 9 heteroatoms. The van der Waals surface area contributed by atoms with Crippen LogP contribution in [0.4, 0.5) is 0 Å². The molecule has 0 rings (SSSR count). The highest BCUT2D eigenvalue weighted by Crippen LogP contribution is 2.43. The van der Waals surface area contributed by atoms with Gasteiger partial charge in [-0.2, -0.15) is 0 Å². The highest BCUT2D eigenvalue weighted by atomic mass is 31.2. The van der Waals surface area contributed by atoms with Gasteiger partial charge in [0.15, 0.2) is 0 Å². The number of likely N-dealkylation sites (N-methyl/N-ethyl adjacent to an activating group) is 1. The van der Waals surface area contributed by atoms with Crippen molar-refractivity contribution in [1.82, 2.24) is 5.32 Å². The van der Waals surface area contributed by atoms with E-state index in [1.807, 2.05) is 27.2 Å². The van der Waals surface area contributed by atoms with Gasteiger partial charge in [-0.05, 0) is 70.6 Å². The summed E-state index contributed by atoms with van der Waals surface area (Å²) in [7, 11) is 1.56. The Kier molecular flexibility index (Phi) is 54.7. The smallest absolute Gasteiger partial charge is 0.387 e. The van der Waals surface area contributed by atoms with Crippen molar-refractivity contribution in [1.29, 1.82) is 0 Å². The van der Waals surface area contributed by atoms with Gasteiger partial charge < -0.3 is 19.8 Å². The number of rotatable bonds is 57. The SMILES string of the molecule is CC/C=C\C/C=C\C/C=C\C/C=C\C/C=C\C/C=C\CCCCCCCCC(=O)NC(COP(=O)(O)OCC[N+](C)(C)C)C(O)/C=C/CCCCCCCCCCCCCCCCCCCCCCCCCCCC. The van der Waals surface area contributed by atoms with E-state index in [0.29, 0.717) is 17.4 Å². The third kappa shape index (κ3) is 59.2. The van der Waals surface area contributed by atoms with E-state index in [9.17, 15) is 19.4 Å². The van der Waals surface area contributed by atoms with Crippen LogP contribution >= 0.6 is 7.82 Å². The lowest BCUT2D eigenvalue weighted by atomic mass is 10.0. The molecule has 0 aliphatic carbocycles. The fourth-order valence-corrected chi connectivity index (χ4v) is 9.72. The van der Waals surface area contributed by atoms with Gasteiger partial charge in [-0.15, -0.1) is 0 Å². The fraction of sp³-hybridized carbons (Fsp3) is 0.773. The van der Waals surface area contributed by atoms with Crippen LogP contribution in [0, 0.1) is 0 Å². The Morgan fingerprint density at radius 1 is 0.467 bits per heavy atom. The summed E-state index contributed by atoms with van der Waals surface area (Å²) in [5, 5.41) is 14.0. The molecule has 3 N–H and O–H groups in total. The predicted octanol–water partition coefficient (Wildman–Crippen LogP) is 19.6. The maximum atomic E-state index is 13.0. The predicted molar refractivity (Wildman–Crippen MR) is 327 cm³/mol. The van der Waals surface area contributed by atoms with E-state index in [4.69, 9.17) is 9.05 Å². The minimum Gasteiger partial charge on any atom is -0.387 e. The van der Waals surface area contributed by atoms with E-state index < -0.39 is 20.0 Å². The molecule has 0 saturated heterocycles. The number of phosphoric ester groups is 1. The van der Waals surface area contributed by atoms with E-state index in [1.165, 1.54) is 167 Å². The zero-order valence-corrected chi connectivity index (χ0v) is 50.7. The molecule has 0 aliphatic rings. The summed E-state index contributed by atoms with van der Waals surface area (Å²) in [6.45, 7) is 4.71. The molecule has 0 fully saturated rings. The number of unbranched alkanes of at least 4 members (excludes halogenated alkanes) is 32. The van der Waals surface area contributed by atoms with Crippen LogP contribution in [0.3, 0.4) is 0 Å². The maximum Gasteiger partial charge on any atom is 0.472 e. The first-order valence-electron chi connectivity index (χ1n) is 31.5. The first-order chi connectivity index (χ1) is 36.5. The Bertz CT molecular complexity index is 1500. The molecule has 0 aliphatic heterocycles. The minimum absolute atomic E-state index is 0.0545. The monoisotopic (exact) mass is 1070 g/mol. The lowest BCUT2D eigenvalue weighted by molar-refractivity contribution is -0.870. The molecule has 0 bridgehead atoms. The van der Waals surface area contributed by atoms with Gasteiger partial charge in [-0.3, -0.25) is 13.8 Å². The second-order valence-electron chi connectivity index (χ2n) is 22.4. The standard InChI is InChI=1S/C66H121N2O6P/c1-6-8-10-12-14-16-18-20-22-24-26-28-30-32-33-34-36-37-39-41-43-45-47-49-51-53-55-57-59-65(69)64(63-74-75(71,72)73-62-61-68(3,4)5)67-66(70)60-58-56-54-52-50-48-46-44-42-40-38-35-31-29-27-25-23-21-19-17-15-13-11-9-7-2/h9,11,15,17,21,23,27,29,35,38,42,44,57,59,64-65,69H,6-8,10,12-14,16,18-20,22,24-26,28,30-34,36-37,39-41,43,45-56,58,60-63H2,1-5H3,(H-,67,70,71,72)/p+1/b11-9-,17-15-,23-21-,29-27-,38-35-,44-42-,59-57+. The molecule has 8 nitrogen and oxygen atoms in total. The second-order valence-corrected chi connectivity index (χ2v) is 23.9. The molecule has 0 heterocycles. The summed E-state index contributed by atoms with van der Waals surface area (Å²) in [6.07, 6.45) is 79.8. The molecular weight excluding hydrogens is 948 g/mol. The molecule has 0 saturated carbocycles. The summed E-state index contributed by atoms with van der Waals surface area (Å²) in [4.78, 5) is 23.4. The maximum absolute atomic E-state index is 13.0. The third-order valence-electron chi connectivity index (χ3n) is 13.9. The molecule has 0 aromatic rings. The van der Waals surface area contributed by atoms with Crippen molar-refractivity contribution in [3.8, 4) is 0 Å². The number of hydrogen-bond acceptors (Lipinski definition) is 5. The summed E-state index contributed by atoms with van der Waals surface area (Å²) >= 11 is 0. The van der Waals surface area contributed by atoms with E-state index in [2.05, 4.69) is 92.1 Å². The number of aliphatic hydroxyl groups excluding tert-OH is 1. The largest absolute Gasteiger partial charge is 0.472 e. The zero-order valence-electron chi connectivity index (χ0n) is 49.8. The van der Waals surface area contributed by atoms with Crippen LogP contribution < -0.4 is 5.32 Å². The lowest BCUT2D eigenvalue weighted by Gasteiger charge is -2.25. The van der Waals surface area contributed by atoms with E-state index in [0.717, 1.165) is 89.9 Å². The minimum atomic E-state index is -4.36. The van der Waals surface area contributed by atoms with Crippen LogP contribution in [0.1, 0.15) is 277 Å². The molecule has 0 aromatic carbocycles. The van der Waals surface area contributed by atoms with Crippen molar-refractivity contribution in [2.24, 2.45) is 0 Å². The van der Waals surface area contributed by atoms with Gasteiger partial charge in [0, 0.05) is 6.42 Å². The first-order valence-corrected chi connectivity index (χ1v) is 33.0. The van der Waals surface area contributed by atoms with Crippen LogP contribution in [-0.2, 0) is 18.4 Å². The Morgan fingerprint density at radius 2 is 0.800 bits per heavy atom. The summed E-state index contributed by atoms with van der Waals surface area (Å²) < 4.78 is 23.8. The van der Waals surface area contributed by atoms with Crippen molar-refractivity contribution in [2.75, 3.05) is 40.9 Å². The Hall–Kier alpha value is -2.32. The molecule has 0 radical (unpaired) electrons. The molecule has 3 atom stereocenters. The first kappa shape index (κ1) is 72.7. The van der Waals surface area contributed by atoms with Gasteiger partial charge >= 0.3 is 7.82 Å². The molecule has 75 heavy (non-hydrogen) atoms. The lowest BCUT2D eigenvalue weighted by Crippen LogP contribution is -2.45. The topological polar surface area (TPSA) is 105 Å². The van der Waals surface area contributed by atoms with E-state index in [1.54, 1.807) is 6.08 Å². The average molecular weight is 1070 g/mol. The van der Waals surface area contributed by atoms with Crippen molar-refractivity contribution in [3.63, 3.8) is 0 Å². The van der Waals surface area contributed by atoms with Gasteiger partial charge in [0.2, 0.25) is 5.91 Å². The number of carbonyl (C=O) groups excluding carboxylic acids is 1. The molecule has 436 valence electrons. The van der Waals surface area contributed by atoms with Gasteiger partial charge in [0.1, 0.15) is 13.2 Å². The number of quaternary nitrogens is 1. The quantitative estimate of drug-likeness (QED) is 0.0243. The molecule has 1 amide bonds. The molecule has 0 aromatic heterocycles. The Morgan fingerprint density at radius 3 is 1.17 bits per heavy atom. The molecular formula is C66H122N2O6P+. The van der Waals surface area contributed by atoms with Gasteiger partial charge in [-0.25, -0.2) is 4.57 Å². The number of aliphatic hydroxyl groups is 1. The van der Waals surface area contributed by atoms with Crippen LogP contribution in [0.25, 0.3) is 0 Å². The van der Waals surface area contributed by atoms with Crippen LogP contribution in [0.15, 0.2) is 85.1 Å². The third-order valence-corrected chi connectivity index (χ3v) is 14.9. The second kappa shape index (κ2) is 56.4. The van der Waals surface area contributed by atoms with Crippen molar-refractivity contribution in [2.45, 2.75) is 289 Å². The van der Waals surface area contributed by atoms with Crippen molar-refractivity contribution in [3.05, 3.63) is 85.1 Å². The van der Waals surface area contributed by atoms with Crippen molar-refractivity contribution >= 4 is 13.7 Å². The van der Waals surface area contributed by atoms with E-state index >= 15 is 0 Å². The number of phosphoric acid groups is 1. The summed E-state index contributed by atoms with van der Waals surface area (Å²) in [5.41, 5.74) is 0. The molecule has 3 unspecified atom stereocenters. The van der Waals surface area contributed by atoms with Crippen molar-refractivity contribution < 1.29 is 32.9 Å². The number of nitrogens with one attached hydrogen (secondary N) is 1. The number of nitrogens with zero attached hydrogens (tertiary/aromatic N) is 1. The van der Waals surface area contributed by atoms with Crippen LogP contribution in [0.2, 0.25) is 0 Å². The van der Waals surface area contributed by atoms with Gasteiger partial charge in [-0.1, -0.05) is 285 Å². The highest BCUT2D eigenvalue weighted by molar-refractivity contribution is 7.47. The summed E-state index contributed by atoms with van der Waals surface area (Å²) in [6, 6.07) is -0.862. The number of amides is 1.